The van der Waals surface area contributed by atoms with Crippen molar-refractivity contribution in [2.75, 3.05) is 19.8 Å². The summed E-state index contributed by atoms with van der Waals surface area (Å²) in [4.78, 5) is 0. The first kappa shape index (κ1) is 5.63. The molecule has 1 aliphatic heterocycles. The average Bonchev–Trinajstić information content (AvgIpc) is 1.90. The number of rotatable bonds is 0. The molecule has 0 radical (unpaired) electrons. The summed E-state index contributed by atoms with van der Waals surface area (Å²) in [5.41, 5.74) is 0. The molecule has 0 unspecified atom stereocenters. The second-order valence-electron chi connectivity index (χ2n) is 1.66. The van der Waals surface area contributed by atoms with E-state index in [0.29, 0.717) is 13.2 Å². The Kier molecular flexibility index (Phi) is 1.92. The van der Waals surface area contributed by atoms with Crippen molar-refractivity contribution in [2.45, 2.75) is 6.92 Å². The second-order valence-corrected chi connectivity index (χ2v) is 1.66. The highest BCUT2D eigenvalue weighted by molar-refractivity contribution is 4.91. The molecule has 0 aromatic carbocycles. The fraction of sp³-hybridized carbons (Fsp3) is 0.667. The Morgan fingerprint density at radius 1 is 1.50 bits per heavy atom. The predicted octanol–water partition coefficient (Wildman–Crippen LogP) is 0.937. The van der Waals surface area contributed by atoms with Crippen molar-refractivity contribution in [3.05, 3.63) is 11.8 Å². The summed E-state index contributed by atoms with van der Waals surface area (Å²) in [6.07, 6.45) is 1.93. The van der Waals surface area contributed by atoms with Crippen LogP contribution in [0.5, 0.6) is 0 Å². The largest absolute Gasteiger partial charge is 0.493 e. The molecule has 2 heteroatoms. The summed E-state index contributed by atoms with van der Waals surface area (Å²) in [6.45, 7) is 4.04. The minimum atomic E-state index is 0.649. The average molecular weight is 114 g/mol. The van der Waals surface area contributed by atoms with E-state index >= 15 is 0 Å². The molecule has 0 N–H and O–H groups in total. The van der Waals surface area contributed by atoms with E-state index in [9.17, 15) is 0 Å². The first-order valence-electron chi connectivity index (χ1n) is 2.79. The third kappa shape index (κ3) is 1.23. The number of hydrogen-bond acceptors (Lipinski definition) is 2. The van der Waals surface area contributed by atoms with Gasteiger partial charge in [0.2, 0.25) is 0 Å². The second kappa shape index (κ2) is 2.72. The molecule has 0 aromatic rings. The lowest BCUT2D eigenvalue weighted by molar-refractivity contribution is 0.0132. The maximum Gasteiger partial charge on any atom is 0.117 e. The van der Waals surface area contributed by atoms with Crippen molar-refractivity contribution in [1.29, 1.82) is 0 Å². The van der Waals surface area contributed by atoms with E-state index in [1.807, 2.05) is 13.0 Å². The van der Waals surface area contributed by atoms with Crippen molar-refractivity contribution in [3.63, 3.8) is 0 Å². The van der Waals surface area contributed by atoms with Gasteiger partial charge in [-0.1, -0.05) is 0 Å². The zero-order valence-corrected chi connectivity index (χ0v) is 5.02. The fourth-order valence-electron chi connectivity index (χ4n) is 0.613. The zero-order chi connectivity index (χ0) is 5.82. The van der Waals surface area contributed by atoms with Gasteiger partial charge in [-0.05, 0) is 13.0 Å². The molecular formula is C6H10O2. The minimum Gasteiger partial charge on any atom is -0.493 e. The quantitative estimate of drug-likeness (QED) is 0.466. The first-order chi connectivity index (χ1) is 3.93. The van der Waals surface area contributed by atoms with Crippen LogP contribution in [0.4, 0.5) is 0 Å². The van der Waals surface area contributed by atoms with E-state index in [1.54, 1.807) is 0 Å². The molecule has 0 aliphatic carbocycles. The Morgan fingerprint density at radius 3 is 2.75 bits per heavy atom. The fourth-order valence-corrected chi connectivity index (χ4v) is 0.613. The Balaban J connectivity index is 2.33. The SMILES string of the molecule is C/C=C1\COCCO1. The molecule has 1 fully saturated rings. The molecule has 1 aliphatic rings. The lowest BCUT2D eigenvalue weighted by atomic mass is 10.4. The van der Waals surface area contributed by atoms with E-state index in [2.05, 4.69) is 0 Å². The van der Waals surface area contributed by atoms with Crippen molar-refractivity contribution >= 4 is 0 Å². The van der Waals surface area contributed by atoms with Gasteiger partial charge < -0.3 is 9.47 Å². The predicted molar refractivity (Wildman–Crippen MR) is 30.5 cm³/mol. The molecule has 46 valence electrons. The van der Waals surface area contributed by atoms with Gasteiger partial charge in [-0.25, -0.2) is 0 Å². The molecule has 0 aromatic heterocycles. The van der Waals surface area contributed by atoms with E-state index in [1.165, 1.54) is 0 Å². The van der Waals surface area contributed by atoms with Crippen LogP contribution in [0.3, 0.4) is 0 Å². The zero-order valence-electron chi connectivity index (χ0n) is 5.02. The highest BCUT2D eigenvalue weighted by Gasteiger charge is 2.02. The number of allylic oxidation sites excluding steroid dienone is 1. The minimum absolute atomic E-state index is 0.649. The molecule has 0 bridgehead atoms. The molecule has 1 saturated heterocycles. The van der Waals surface area contributed by atoms with E-state index in [-0.39, 0.29) is 0 Å². The van der Waals surface area contributed by atoms with Gasteiger partial charge in [0, 0.05) is 0 Å². The number of ether oxygens (including phenoxy) is 2. The molecule has 2 nitrogen and oxygen atoms in total. The third-order valence-electron chi connectivity index (χ3n) is 1.08. The molecule has 0 atom stereocenters. The van der Waals surface area contributed by atoms with Crippen LogP contribution >= 0.6 is 0 Å². The summed E-state index contributed by atoms with van der Waals surface area (Å²) < 4.78 is 10.2. The van der Waals surface area contributed by atoms with Gasteiger partial charge in [0.05, 0.1) is 6.61 Å². The monoisotopic (exact) mass is 114 g/mol. The van der Waals surface area contributed by atoms with Gasteiger partial charge in [0.1, 0.15) is 19.0 Å². The maximum absolute atomic E-state index is 5.16. The highest BCUT2D eigenvalue weighted by Crippen LogP contribution is 2.02. The standard InChI is InChI=1S/C6H10O2/c1-2-6-5-7-3-4-8-6/h2H,3-5H2,1H3/b6-2+. The van der Waals surface area contributed by atoms with Crippen LogP contribution in [-0.4, -0.2) is 19.8 Å². The summed E-state index contributed by atoms with van der Waals surface area (Å²) in [5, 5.41) is 0. The van der Waals surface area contributed by atoms with Crippen LogP contribution in [0, 0.1) is 0 Å². The van der Waals surface area contributed by atoms with Crippen molar-refractivity contribution < 1.29 is 9.47 Å². The molecule has 0 saturated carbocycles. The molecule has 8 heavy (non-hydrogen) atoms. The molecular weight excluding hydrogens is 104 g/mol. The third-order valence-corrected chi connectivity index (χ3v) is 1.08. The van der Waals surface area contributed by atoms with Crippen molar-refractivity contribution in [3.8, 4) is 0 Å². The van der Waals surface area contributed by atoms with Gasteiger partial charge in [-0.3, -0.25) is 0 Å². The van der Waals surface area contributed by atoms with Crippen LogP contribution < -0.4 is 0 Å². The summed E-state index contributed by atoms with van der Waals surface area (Å²) >= 11 is 0. The van der Waals surface area contributed by atoms with Gasteiger partial charge in [0.25, 0.3) is 0 Å². The van der Waals surface area contributed by atoms with Crippen LogP contribution in [-0.2, 0) is 9.47 Å². The topological polar surface area (TPSA) is 18.5 Å². The van der Waals surface area contributed by atoms with E-state index in [4.69, 9.17) is 9.47 Å². The van der Waals surface area contributed by atoms with Gasteiger partial charge in [-0.15, -0.1) is 0 Å². The van der Waals surface area contributed by atoms with Gasteiger partial charge in [0.15, 0.2) is 0 Å². The highest BCUT2D eigenvalue weighted by atomic mass is 16.6. The molecule has 1 rings (SSSR count). The normalized spacial score (nSPS) is 25.4. The van der Waals surface area contributed by atoms with Crippen LogP contribution in [0.15, 0.2) is 11.8 Å². The first-order valence-corrected chi connectivity index (χ1v) is 2.79. The van der Waals surface area contributed by atoms with Crippen molar-refractivity contribution in [1.82, 2.24) is 0 Å². The summed E-state index contributed by atoms with van der Waals surface area (Å²) in [5.74, 6) is 0.955. The Bertz CT molecular complexity index is 88.7. The molecule has 1 heterocycles. The van der Waals surface area contributed by atoms with Crippen molar-refractivity contribution in [2.24, 2.45) is 0 Å². The smallest absolute Gasteiger partial charge is 0.117 e. The lowest BCUT2D eigenvalue weighted by Gasteiger charge is -2.15. The Morgan fingerprint density at radius 2 is 2.38 bits per heavy atom. The van der Waals surface area contributed by atoms with E-state index in [0.717, 1.165) is 12.4 Å². The van der Waals surface area contributed by atoms with Crippen LogP contribution in [0.25, 0.3) is 0 Å². The summed E-state index contributed by atoms with van der Waals surface area (Å²) in [6, 6.07) is 0. The number of hydrogen-bond donors (Lipinski definition) is 0. The van der Waals surface area contributed by atoms with Gasteiger partial charge >= 0.3 is 0 Å². The van der Waals surface area contributed by atoms with E-state index < -0.39 is 0 Å². The lowest BCUT2D eigenvalue weighted by Crippen LogP contribution is -2.14. The molecule has 0 spiro atoms. The maximum atomic E-state index is 5.16. The van der Waals surface area contributed by atoms with Crippen LogP contribution in [0.1, 0.15) is 6.92 Å². The Labute approximate surface area is 49.1 Å². The molecule has 0 amide bonds. The van der Waals surface area contributed by atoms with Gasteiger partial charge in [-0.2, -0.15) is 0 Å². The van der Waals surface area contributed by atoms with Crippen LogP contribution in [0.2, 0.25) is 0 Å². The summed E-state index contributed by atoms with van der Waals surface area (Å²) in [7, 11) is 0. The Hall–Kier alpha value is -0.500.